The van der Waals surface area contributed by atoms with Crippen molar-refractivity contribution in [3.8, 4) is 5.75 Å². The van der Waals surface area contributed by atoms with Crippen LogP contribution in [0.1, 0.15) is 17.7 Å². The Morgan fingerprint density at radius 2 is 1.96 bits per heavy atom. The molecule has 1 fully saturated rings. The highest BCUT2D eigenvalue weighted by Crippen LogP contribution is 2.30. The maximum atomic E-state index is 6.19. The highest BCUT2D eigenvalue weighted by atomic mass is 16.5. The number of anilines is 1. The second-order valence-corrected chi connectivity index (χ2v) is 7.00. The monoisotopic (exact) mass is 349 g/mol. The van der Waals surface area contributed by atoms with Crippen molar-refractivity contribution in [1.82, 2.24) is 19.9 Å². The normalized spacial score (nSPS) is 20.2. The van der Waals surface area contributed by atoms with Crippen LogP contribution < -0.4 is 15.0 Å². The predicted molar refractivity (Wildman–Crippen MR) is 101 cm³/mol. The molecule has 1 N–H and O–H groups in total. The topological polar surface area (TPSA) is 54.7 Å². The summed E-state index contributed by atoms with van der Waals surface area (Å²) in [6.45, 7) is 3.85. The third-order valence-corrected chi connectivity index (χ3v) is 5.27. The number of hydrogen-bond acceptors (Lipinski definition) is 5. The van der Waals surface area contributed by atoms with Gasteiger partial charge in [0.05, 0.1) is 18.4 Å². The lowest BCUT2D eigenvalue weighted by Crippen LogP contribution is -2.28. The molecule has 6 heteroatoms. The molecule has 0 bridgehead atoms. The molecule has 1 aromatic carbocycles. The highest BCUT2D eigenvalue weighted by Gasteiger charge is 2.29. The van der Waals surface area contributed by atoms with E-state index < -0.39 is 0 Å². The second kappa shape index (κ2) is 6.61. The van der Waals surface area contributed by atoms with E-state index >= 15 is 0 Å². The van der Waals surface area contributed by atoms with E-state index in [0.717, 1.165) is 56.8 Å². The molecule has 26 heavy (non-hydrogen) atoms. The Bertz CT molecular complexity index is 907. The van der Waals surface area contributed by atoms with Crippen LogP contribution in [0.25, 0.3) is 5.65 Å². The summed E-state index contributed by atoms with van der Waals surface area (Å²) in [6, 6.07) is 12.1. The van der Waals surface area contributed by atoms with Crippen LogP contribution in [0.3, 0.4) is 0 Å². The average molecular weight is 349 g/mol. The van der Waals surface area contributed by atoms with Gasteiger partial charge in [0.25, 0.3) is 0 Å². The van der Waals surface area contributed by atoms with Crippen LogP contribution in [-0.2, 0) is 12.8 Å². The van der Waals surface area contributed by atoms with Gasteiger partial charge in [-0.25, -0.2) is 4.98 Å². The number of hydrogen-bond donors (Lipinski definition) is 1. The first-order chi connectivity index (χ1) is 12.9. The van der Waals surface area contributed by atoms with Crippen LogP contribution in [0.5, 0.6) is 5.75 Å². The summed E-state index contributed by atoms with van der Waals surface area (Å²) in [5.41, 5.74) is 3.49. The first-order valence-electron chi connectivity index (χ1n) is 9.41. The maximum Gasteiger partial charge on any atom is 0.157 e. The summed E-state index contributed by atoms with van der Waals surface area (Å²) in [5, 5.41) is 8.05. The number of nitrogens with one attached hydrogen (secondary N) is 1. The van der Waals surface area contributed by atoms with Gasteiger partial charge in [0, 0.05) is 37.6 Å². The smallest absolute Gasteiger partial charge is 0.157 e. The van der Waals surface area contributed by atoms with E-state index in [0.29, 0.717) is 0 Å². The number of para-hydroxylation sites is 1. The summed E-state index contributed by atoms with van der Waals surface area (Å²) < 4.78 is 8.20. The summed E-state index contributed by atoms with van der Waals surface area (Å²) in [5.74, 6) is 2.15. The van der Waals surface area contributed by atoms with Crippen molar-refractivity contribution in [2.45, 2.75) is 25.4 Å². The third kappa shape index (κ3) is 2.80. The van der Waals surface area contributed by atoms with Gasteiger partial charge in [-0.3, -0.25) is 0 Å². The van der Waals surface area contributed by atoms with Crippen molar-refractivity contribution in [1.29, 1.82) is 0 Å². The van der Waals surface area contributed by atoms with Crippen molar-refractivity contribution in [2.24, 2.45) is 0 Å². The van der Waals surface area contributed by atoms with Gasteiger partial charge in [-0.2, -0.15) is 9.61 Å². The first kappa shape index (κ1) is 15.6. The van der Waals surface area contributed by atoms with Gasteiger partial charge in [-0.15, -0.1) is 0 Å². The number of aromatic nitrogens is 3. The Labute approximate surface area is 152 Å². The van der Waals surface area contributed by atoms with Crippen LogP contribution in [0.4, 0.5) is 5.82 Å². The van der Waals surface area contributed by atoms with Crippen LogP contribution in [0.2, 0.25) is 0 Å². The number of benzene rings is 1. The molecular weight excluding hydrogens is 326 g/mol. The summed E-state index contributed by atoms with van der Waals surface area (Å²) in [4.78, 5) is 7.29. The van der Waals surface area contributed by atoms with Gasteiger partial charge in [0.15, 0.2) is 5.65 Å². The highest BCUT2D eigenvalue weighted by molar-refractivity contribution is 5.58. The van der Waals surface area contributed by atoms with E-state index in [4.69, 9.17) is 9.72 Å². The molecule has 2 aliphatic rings. The standard InChI is InChI=1S/C20H23N5O/c1-2-4-15(5-3-1)26-16-9-13-24(14-16)20-17-6-10-21-11-7-18(17)23-19-8-12-22-25(19)20/h1-5,8,12,16,21H,6-7,9-11,13-14H2. The van der Waals surface area contributed by atoms with E-state index in [1.165, 1.54) is 17.1 Å². The summed E-state index contributed by atoms with van der Waals surface area (Å²) in [6.07, 6.45) is 5.04. The van der Waals surface area contributed by atoms with Gasteiger partial charge < -0.3 is 15.0 Å². The van der Waals surface area contributed by atoms with Gasteiger partial charge in [-0.05, 0) is 25.1 Å². The number of nitrogens with zero attached hydrogens (tertiary/aromatic N) is 4. The van der Waals surface area contributed by atoms with Gasteiger partial charge in [-0.1, -0.05) is 18.2 Å². The van der Waals surface area contributed by atoms with Gasteiger partial charge in [0.1, 0.15) is 17.7 Å². The number of ether oxygens (including phenoxy) is 1. The Morgan fingerprint density at radius 3 is 2.88 bits per heavy atom. The minimum Gasteiger partial charge on any atom is -0.489 e. The first-order valence-corrected chi connectivity index (χ1v) is 9.41. The zero-order valence-corrected chi connectivity index (χ0v) is 14.8. The molecule has 6 nitrogen and oxygen atoms in total. The lowest BCUT2D eigenvalue weighted by atomic mass is 10.1. The zero-order valence-electron chi connectivity index (χ0n) is 14.8. The minimum atomic E-state index is 0.204. The molecule has 0 spiro atoms. The Morgan fingerprint density at radius 1 is 1.08 bits per heavy atom. The SMILES string of the molecule is c1ccc(OC2CCN(c3c4c(nc5ccnn35)CCNCC4)C2)cc1. The Kier molecular flexibility index (Phi) is 3.97. The van der Waals surface area contributed by atoms with Crippen molar-refractivity contribution in [3.05, 3.63) is 53.9 Å². The number of rotatable bonds is 3. The lowest BCUT2D eigenvalue weighted by molar-refractivity contribution is 0.225. The Balaban J connectivity index is 1.47. The minimum absolute atomic E-state index is 0.204. The molecule has 3 aromatic rings. The molecule has 5 rings (SSSR count). The zero-order chi connectivity index (χ0) is 17.3. The Hall–Kier alpha value is -2.60. The maximum absolute atomic E-state index is 6.19. The van der Waals surface area contributed by atoms with Crippen molar-refractivity contribution >= 4 is 11.5 Å². The average Bonchev–Trinajstić information content (AvgIpc) is 3.25. The van der Waals surface area contributed by atoms with Crippen LogP contribution in [-0.4, -0.2) is 46.9 Å². The quantitative estimate of drug-likeness (QED) is 0.785. The largest absolute Gasteiger partial charge is 0.489 e. The fraction of sp³-hybridized carbons (Fsp3) is 0.400. The van der Waals surface area contributed by atoms with E-state index in [9.17, 15) is 0 Å². The predicted octanol–water partition coefficient (Wildman–Crippen LogP) is 2.08. The van der Waals surface area contributed by atoms with Crippen molar-refractivity contribution in [2.75, 3.05) is 31.1 Å². The molecular formula is C20H23N5O. The molecule has 0 aliphatic carbocycles. The fourth-order valence-electron chi connectivity index (χ4n) is 4.05. The second-order valence-electron chi connectivity index (χ2n) is 7.00. The fourth-order valence-corrected chi connectivity index (χ4v) is 4.05. The molecule has 1 unspecified atom stereocenters. The number of fused-ring (bicyclic) bond motifs is 2. The molecule has 0 saturated carbocycles. The van der Waals surface area contributed by atoms with Crippen LogP contribution in [0, 0.1) is 0 Å². The lowest BCUT2D eigenvalue weighted by Gasteiger charge is -2.24. The molecule has 1 atom stereocenters. The molecule has 2 aromatic heterocycles. The van der Waals surface area contributed by atoms with Gasteiger partial charge in [0.2, 0.25) is 0 Å². The molecule has 1 saturated heterocycles. The van der Waals surface area contributed by atoms with E-state index in [1.807, 2.05) is 47.1 Å². The summed E-state index contributed by atoms with van der Waals surface area (Å²) in [7, 11) is 0. The van der Waals surface area contributed by atoms with E-state index in [2.05, 4.69) is 15.3 Å². The molecule has 0 radical (unpaired) electrons. The molecule has 134 valence electrons. The van der Waals surface area contributed by atoms with Crippen LogP contribution in [0.15, 0.2) is 42.6 Å². The van der Waals surface area contributed by atoms with Crippen molar-refractivity contribution < 1.29 is 4.74 Å². The van der Waals surface area contributed by atoms with Crippen LogP contribution >= 0.6 is 0 Å². The molecule has 4 heterocycles. The van der Waals surface area contributed by atoms with Crippen molar-refractivity contribution in [3.63, 3.8) is 0 Å². The summed E-state index contributed by atoms with van der Waals surface area (Å²) >= 11 is 0. The third-order valence-electron chi connectivity index (χ3n) is 5.27. The van der Waals surface area contributed by atoms with E-state index in [1.54, 1.807) is 0 Å². The molecule has 0 amide bonds. The van der Waals surface area contributed by atoms with Gasteiger partial charge >= 0.3 is 0 Å². The van der Waals surface area contributed by atoms with E-state index in [-0.39, 0.29) is 6.10 Å². The molecule has 2 aliphatic heterocycles.